The lowest BCUT2D eigenvalue weighted by Gasteiger charge is -2.12. The largest absolute Gasteiger partial charge is 0.456 e. The van der Waals surface area contributed by atoms with Gasteiger partial charge in [0.2, 0.25) is 0 Å². The molecule has 1 aromatic heterocycles. The monoisotopic (exact) mass is 353 g/mol. The van der Waals surface area contributed by atoms with Crippen molar-refractivity contribution in [3.8, 4) is 11.1 Å². The van der Waals surface area contributed by atoms with Crippen LogP contribution in [0.1, 0.15) is 21.6 Å². The van der Waals surface area contributed by atoms with Crippen LogP contribution in [0.3, 0.4) is 0 Å². The summed E-state index contributed by atoms with van der Waals surface area (Å²) in [5.74, 6) is -0.337. The number of rotatable bonds is 1. The Hall–Kier alpha value is -2.20. The number of aromatic nitrogens is 1. The normalized spacial score (nSPS) is 13.3. The molecule has 0 unspecified atom stereocenters. The maximum Gasteiger partial charge on any atom is 0.357 e. The zero-order valence-corrected chi connectivity index (χ0v) is 13.5. The minimum atomic E-state index is -0.337. The smallest absolute Gasteiger partial charge is 0.357 e. The molecular formula is C18H12BrNO2. The van der Waals surface area contributed by atoms with Gasteiger partial charge in [-0.3, -0.25) is 0 Å². The first-order valence-electron chi connectivity index (χ1n) is 7.00. The fraction of sp³-hybridized carbons (Fsp3) is 0.111. The summed E-state index contributed by atoms with van der Waals surface area (Å²) in [7, 11) is 0. The maximum absolute atomic E-state index is 12.0. The van der Waals surface area contributed by atoms with Crippen LogP contribution >= 0.6 is 15.9 Å². The highest BCUT2D eigenvalue weighted by Gasteiger charge is 2.28. The number of pyridine rings is 1. The van der Waals surface area contributed by atoms with Crippen molar-refractivity contribution >= 4 is 32.8 Å². The van der Waals surface area contributed by atoms with Crippen molar-refractivity contribution in [3.05, 3.63) is 63.8 Å². The molecule has 0 saturated carbocycles. The van der Waals surface area contributed by atoms with Gasteiger partial charge in [-0.25, -0.2) is 9.78 Å². The van der Waals surface area contributed by atoms with Crippen LogP contribution < -0.4 is 0 Å². The van der Waals surface area contributed by atoms with Gasteiger partial charge >= 0.3 is 5.97 Å². The first-order chi connectivity index (χ1) is 10.6. The van der Waals surface area contributed by atoms with Gasteiger partial charge in [0.15, 0.2) is 5.69 Å². The lowest BCUT2D eigenvalue weighted by Crippen LogP contribution is -2.01. The molecule has 0 N–H and O–H groups in total. The summed E-state index contributed by atoms with van der Waals surface area (Å²) >= 11 is 3.56. The van der Waals surface area contributed by atoms with Gasteiger partial charge in [-0.2, -0.15) is 0 Å². The van der Waals surface area contributed by atoms with Crippen LogP contribution in [0, 0.1) is 6.92 Å². The Morgan fingerprint density at radius 1 is 1.18 bits per heavy atom. The zero-order chi connectivity index (χ0) is 15.3. The molecule has 1 aliphatic rings. The third-order valence-corrected chi connectivity index (χ3v) is 4.41. The number of nitrogens with zero attached hydrogens (tertiary/aromatic N) is 1. The first-order valence-corrected chi connectivity index (χ1v) is 7.80. The van der Waals surface area contributed by atoms with Crippen LogP contribution in [-0.2, 0) is 11.3 Å². The number of fused-ring (bicyclic) bond motifs is 2. The predicted molar refractivity (Wildman–Crippen MR) is 88.7 cm³/mol. The minimum absolute atomic E-state index is 0.285. The third-order valence-electron chi connectivity index (χ3n) is 3.95. The number of cyclic esters (lactones) is 1. The second-order valence-electron chi connectivity index (χ2n) is 5.37. The van der Waals surface area contributed by atoms with Crippen molar-refractivity contribution < 1.29 is 9.53 Å². The average Bonchev–Trinajstić information content (AvgIpc) is 2.87. The molecule has 0 bridgehead atoms. The third kappa shape index (κ3) is 1.95. The van der Waals surface area contributed by atoms with E-state index in [0.717, 1.165) is 37.6 Å². The highest BCUT2D eigenvalue weighted by atomic mass is 79.9. The second-order valence-corrected chi connectivity index (χ2v) is 6.29. The lowest BCUT2D eigenvalue weighted by atomic mass is 9.94. The van der Waals surface area contributed by atoms with Gasteiger partial charge in [-0.1, -0.05) is 46.3 Å². The van der Waals surface area contributed by atoms with Gasteiger partial charge in [0.05, 0.1) is 5.52 Å². The zero-order valence-electron chi connectivity index (χ0n) is 11.9. The van der Waals surface area contributed by atoms with E-state index >= 15 is 0 Å². The van der Waals surface area contributed by atoms with E-state index < -0.39 is 0 Å². The number of aryl methyl sites for hydroxylation is 1. The Bertz CT molecular complexity index is 920. The molecule has 0 aliphatic carbocycles. The lowest BCUT2D eigenvalue weighted by molar-refractivity contribution is 0.0531. The van der Waals surface area contributed by atoms with Crippen LogP contribution in [0.4, 0.5) is 0 Å². The fourth-order valence-electron chi connectivity index (χ4n) is 2.98. The molecule has 4 heteroatoms. The summed E-state index contributed by atoms with van der Waals surface area (Å²) < 4.78 is 6.22. The quantitative estimate of drug-likeness (QED) is 0.598. The van der Waals surface area contributed by atoms with Crippen LogP contribution in [0.15, 0.2) is 46.9 Å². The van der Waals surface area contributed by atoms with E-state index in [2.05, 4.69) is 27.0 Å². The van der Waals surface area contributed by atoms with E-state index in [1.165, 1.54) is 0 Å². The second kappa shape index (κ2) is 4.92. The SMILES string of the molecule is Cc1cc(Br)cc2c(-c3ccccc3)c3c(nc12)C(=O)OC3. The summed E-state index contributed by atoms with van der Waals surface area (Å²) in [6, 6.07) is 14.1. The van der Waals surface area contributed by atoms with Gasteiger partial charge in [-0.15, -0.1) is 0 Å². The number of benzene rings is 2. The molecule has 3 nitrogen and oxygen atoms in total. The summed E-state index contributed by atoms with van der Waals surface area (Å²) in [6.45, 7) is 2.29. The van der Waals surface area contributed by atoms with Crippen LogP contribution in [0.5, 0.6) is 0 Å². The van der Waals surface area contributed by atoms with E-state index in [1.807, 2.05) is 43.3 Å². The molecule has 108 valence electrons. The highest BCUT2D eigenvalue weighted by molar-refractivity contribution is 9.10. The molecule has 0 radical (unpaired) electrons. The van der Waals surface area contributed by atoms with Gasteiger partial charge in [0, 0.05) is 21.0 Å². The number of hydrogen-bond acceptors (Lipinski definition) is 3. The average molecular weight is 354 g/mol. The van der Waals surface area contributed by atoms with Gasteiger partial charge in [-0.05, 0) is 30.2 Å². The van der Waals surface area contributed by atoms with E-state index in [0.29, 0.717) is 5.69 Å². The topological polar surface area (TPSA) is 39.2 Å². The Morgan fingerprint density at radius 2 is 1.95 bits per heavy atom. The molecule has 2 aromatic carbocycles. The molecule has 1 aliphatic heterocycles. The van der Waals surface area contributed by atoms with Crippen molar-refractivity contribution in [2.45, 2.75) is 13.5 Å². The first kappa shape index (κ1) is 13.5. The molecule has 0 fully saturated rings. The Balaban J connectivity index is 2.19. The van der Waals surface area contributed by atoms with E-state index in [9.17, 15) is 4.79 Å². The van der Waals surface area contributed by atoms with E-state index in [1.54, 1.807) is 0 Å². The summed E-state index contributed by atoms with van der Waals surface area (Å²) in [5.41, 5.74) is 5.31. The summed E-state index contributed by atoms with van der Waals surface area (Å²) in [6.07, 6.45) is 0. The molecule has 2 heterocycles. The van der Waals surface area contributed by atoms with E-state index in [4.69, 9.17) is 4.74 Å². The van der Waals surface area contributed by atoms with Crippen molar-refractivity contribution in [3.63, 3.8) is 0 Å². The van der Waals surface area contributed by atoms with Gasteiger partial charge in [0.25, 0.3) is 0 Å². The van der Waals surface area contributed by atoms with Crippen molar-refractivity contribution in [1.29, 1.82) is 0 Å². The summed E-state index contributed by atoms with van der Waals surface area (Å²) in [4.78, 5) is 16.5. The summed E-state index contributed by atoms with van der Waals surface area (Å²) in [5, 5.41) is 1.04. The van der Waals surface area contributed by atoms with E-state index in [-0.39, 0.29) is 12.6 Å². The van der Waals surface area contributed by atoms with Crippen LogP contribution in [0.2, 0.25) is 0 Å². The standard InChI is InChI=1S/C18H12BrNO2/c1-10-7-12(19)8-13-15(11-5-3-2-4-6-11)14-9-22-18(21)17(14)20-16(10)13/h2-8H,9H2,1H3. The van der Waals surface area contributed by atoms with Crippen molar-refractivity contribution in [2.24, 2.45) is 0 Å². The fourth-order valence-corrected chi connectivity index (χ4v) is 3.56. The number of carbonyl (C=O) groups excluding carboxylic acids is 1. The molecule has 0 spiro atoms. The minimum Gasteiger partial charge on any atom is -0.456 e. The molecular weight excluding hydrogens is 342 g/mol. The number of carbonyl (C=O) groups is 1. The Morgan fingerprint density at radius 3 is 2.73 bits per heavy atom. The highest BCUT2D eigenvalue weighted by Crippen LogP contribution is 2.38. The molecule has 0 amide bonds. The maximum atomic E-state index is 12.0. The molecule has 0 atom stereocenters. The molecule has 22 heavy (non-hydrogen) atoms. The molecule has 3 aromatic rings. The van der Waals surface area contributed by atoms with Gasteiger partial charge in [0.1, 0.15) is 6.61 Å². The predicted octanol–water partition coefficient (Wildman–Crippen LogP) is 4.64. The number of halogens is 1. The van der Waals surface area contributed by atoms with Crippen LogP contribution in [-0.4, -0.2) is 11.0 Å². The van der Waals surface area contributed by atoms with Crippen LogP contribution in [0.25, 0.3) is 22.0 Å². The number of esters is 1. The van der Waals surface area contributed by atoms with Crippen molar-refractivity contribution in [1.82, 2.24) is 4.98 Å². The van der Waals surface area contributed by atoms with Crippen molar-refractivity contribution in [2.75, 3.05) is 0 Å². The number of ether oxygens (including phenoxy) is 1. The Kier molecular flexibility index (Phi) is 3.01. The molecule has 4 rings (SSSR count). The Labute approximate surface area is 136 Å². The number of hydrogen-bond donors (Lipinski definition) is 0. The molecule has 0 saturated heterocycles. The van der Waals surface area contributed by atoms with Gasteiger partial charge < -0.3 is 4.74 Å².